The first-order valence-electron chi connectivity index (χ1n) is 7.03. The van der Waals surface area contributed by atoms with E-state index in [0.29, 0.717) is 6.04 Å². The van der Waals surface area contributed by atoms with E-state index < -0.39 is 0 Å². The highest BCUT2D eigenvalue weighted by atomic mass is 35.5. The standard InChI is InChI=1S/C17H19ClFNS/c1-2-20-16(10-13-6-8-15(19)9-7-13)12-21-17-5-3-4-14(18)11-17/h3-9,11,16,20H,2,10,12H2,1H3. The van der Waals surface area contributed by atoms with Crippen LogP contribution in [0, 0.1) is 5.82 Å². The second-order valence-electron chi connectivity index (χ2n) is 4.85. The van der Waals surface area contributed by atoms with Crippen LogP contribution in [0.2, 0.25) is 5.02 Å². The van der Waals surface area contributed by atoms with Crippen LogP contribution in [-0.2, 0) is 6.42 Å². The number of likely N-dealkylation sites (N-methyl/N-ethyl adjacent to an activating group) is 1. The van der Waals surface area contributed by atoms with Gasteiger partial charge >= 0.3 is 0 Å². The topological polar surface area (TPSA) is 12.0 Å². The average Bonchev–Trinajstić information content (AvgIpc) is 2.47. The maximum absolute atomic E-state index is 12.9. The molecule has 0 heterocycles. The molecule has 0 saturated heterocycles. The summed E-state index contributed by atoms with van der Waals surface area (Å²) < 4.78 is 12.9. The molecule has 112 valence electrons. The fourth-order valence-corrected chi connectivity index (χ4v) is 3.41. The summed E-state index contributed by atoms with van der Waals surface area (Å²) in [5, 5.41) is 4.25. The van der Waals surface area contributed by atoms with Crippen molar-refractivity contribution in [2.75, 3.05) is 12.3 Å². The van der Waals surface area contributed by atoms with Gasteiger partial charge in [0.1, 0.15) is 5.82 Å². The van der Waals surface area contributed by atoms with E-state index in [1.807, 2.05) is 30.3 Å². The second kappa shape index (κ2) is 8.42. The molecule has 0 aromatic heterocycles. The maximum Gasteiger partial charge on any atom is 0.123 e. The number of nitrogens with one attached hydrogen (secondary N) is 1. The van der Waals surface area contributed by atoms with Crippen molar-refractivity contribution in [1.29, 1.82) is 0 Å². The Morgan fingerprint density at radius 3 is 2.62 bits per heavy atom. The third kappa shape index (κ3) is 5.70. The zero-order valence-corrected chi connectivity index (χ0v) is 13.6. The number of rotatable bonds is 7. The van der Waals surface area contributed by atoms with E-state index in [1.54, 1.807) is 11.8 Å². The SMILES string of the molecule is CCNC(CSc1cccc(Cl)c1)Cc1ccc(F)cc1. The predicted octanol–water partition coefficient (Wildman–Crippen LogP) is 4.79. The third-order valence-corrected chi connectivity index (χ3v) is 4.53. The van der Waals surface area contributed by atoms with Crippen LogP contribution in [0.15, 0.2) is 53.4 Å². The molecule has 0 aliphatic carbocycles. The monoisotopic (exact) mass is 323 g/mol. The van der Waals surface area contributed by atoms with Gasteiger partial charge in [-0.25, -0.2) is 4.39 Å². The van der Waals surface area contributed by atoms with Gasteiger partial charge in [0.15, 0.2) is 0 Å². The highest BCUT2D eigenvalue weighted by Crippen LogP contribution is 2.23. The fraction of sp³-hybridized carbons (Fsp3) is 0.294. The molecule has 1 nitrogen and oxygen atoms in total. The molecule has 4 heteroatoms. The lowest BCUT2D eigenvalue weighted by atomic mass is 10.1. The normalized spacial score (nSPS) is 12.3. The van der Waals surface area contributed by atoms with E-state index in [0.717, 1.165) is 29.3 Å². The third-order valence-electron chi connectivity index (χ3n) is 3.14. The zero-order valence-electron chi connectivity index (χ0n) is 12.0. The van der Waals surface area contributed by atoms with Crippen molar-refractivity contribution in [3.8, 4) is 0 Å². The van der Waals surface area contributed by atoms with Crippen LogP contribution in [0.4, 0.5) is 4.39 Å². The minimum absolute atomic E-state index is 0.188. The average molecular weight is 324 g/mol. The van der Waals surface area contributed by atoms with Crippen LogP contribution < -0.4 is 5.32 Å². The molecule has 0 fully saturated rings. The Bertz CT molecular complexity index is 559. The van der Waals surface area contributed by atoms with E-state index in [4.69, 9.17) is 11.6 Å². The van der Waals surface area contributed by atoms with Crippen LogP contribution in [0.3, 0.4) is 0 Å². The Balaban J connectivity index is 1.93. The Labute approximate surface area is 134 Å². The Morgan fingerprint density at radius 1 is 1.19 bits per heavy atom. The van der Waals surface area contributed by atoms with Gasteiger partial charge < -0.3 is 5.32 Å². The van der Waals surface area contributed by atoms with E-state index in [9.17, 15) is 4.39 Å². The van der Waals surface area contributed by atoms with Gasteiger partial charge in [-0.3, -0.25) is 0 Å². The van der Waals surface area contributed by atoms with Gasteiger partial charge in [-0.15, -0.1) is 11.8 Å². The molecule has 2 aromatic carbocycles. The number of halogens is 2. The molecule has 0 spiro atoms. The van der Waals surface area contributed by atoms with Crippen LogP contribution in [0.5, 0.6) is 0 Å². The van der Waals surface area contributed by atoms with E-state index in [2.05, 4.69) is 18.3 Å². The quantitative estimate of drug-likeness (QED) is 0.735. The molecular weight excluding hydrogens is 305 g/mol. The molecule has 1 atom stereocenters. The van der Waals surface area contributed by atoms with Crippen LogP contribution in [0.1, 0.15) is 12.5 Å². The molecule has 2 rings (SSSR count). The minimum atomic E-state index is -0.188. The van der Waals surface area contributed by atoms with Gasteiger partial charge in [0, 0.05) is 21.7 Å². The second-order valence-corrected chi connectivity index (χ2v) is 6.38. The van der Waals surface area contributed by atoms with Crippen molar-refractivity contribution in [3.63, 3.8) is 0 Å². The molecule has 0 aliphatic rings. The van der Waals surface area contributed by atoms with Gasteiger partial charge in [0.05, 0.1) is 0 Å². The van der Waals surface area contributed by atoms with Crippen molar-refractivity contribution in [2.24, 2.45) is 0 Å². The molecule has 0 radical (unpaired) electrons. The summed E-state index contributed by atoms with van der Waals surface area (Å²) in [5.74, 6) is 0.762. The first-order valence-corrected chi connectivity index (χ1v) is 8.40. The number of hydrogen-bond donors (Lipinski definition) is 1. The lowest BCUT2D eigenvalue weighted by Crippen LogP contribution is -2.33. The summed E-state index contributed by atoms with van der Waals surface area (Å²) in [5.41, 5.74) is 1.15. The van der Waals surface area contributed by atoms with Gasteiger partial charge in [-0.1, -0.05) is 36.7 Å². The van der Waals surface area contributed by atoms with Crippen molar-refractivity contribution in [3.05, 3.63) is 64.9 Å². The maximum atomic E-state index is 12.9. The van der Waals surface area contributed by atoms with E-state index in [-0.39, 0.29) is 5.82 Å². The molecule has 0 amide bonds. The summed E-state index contributed by atoms with van der Waals surface area (Å²) in [6, 6.07) is 15.0. The van der Waals surface area contributed by atoms with Crippen LogP contribution in [-0.4, -0.2) is 18.3 Å². The highest BCUT2D eigenvalue weighted by molar-refractivity contribution is 7.99. The Hall–Kier alpha value is -1.03. The van der Waals surface area contributed by atoms with E-state index in [1.165, 1.54) is 17.0 Å². The van der Waals surface area contributed by atoms with Gasteiger partial charge in [0.25, 0.3) is 0 Å². The van der Waals surface area contributed by atoms with Crippen LogP contribution >= 0.6 is 23.4 Å². The van der Waals surface area contributed by atoms with Gasteiger partial charge in [-0.05, 0) is 48.9 Å². The molecule has 0 bridgehead atoms. The summed E-state index contributed by atoms with van der Waals surface area (Å²) in [4.78, 5) is 1.17. The minimum Gasteiger partial charge on any atom is -0.313 e. The lowest BCUT2D eigenvalue weighted by molar-refractivity contribution is 0.571. The van der Waals surface area contributed by atoms with Gasteiger partial charge in [0.2, 0.25) is 0 Å². The van der Waals surface area contributed by atoms with Crippen molar-refractivity contribution >= 4 is 23.4 Å². The molecule has 0 aliphatic heterocycles. The zero-order chi connectivity index (χ0) is 15.1. The van der Waals surface area contributed by atoms with Crippen molar-refractivity contribution < 1.29 is 4.39 Å². The summed E-state index contributed by atoms with van der Waals surface area (Å²) >= 11 is 7.79. The molecular formula is C17H19ClFNS. The van der Waals surface area contributed by atoms with E-state index >= 15 is 0 Å². The molecule has 1 unspecified atom stereocenters. The van der Waals surface area contributed by atoms with Crippen molar-refractivity contribution in [1.82, 2.24) is 5.32 Å². The highest BCUT2D eigenvalue weighted by Gasteiger charge is 2.09. The smallest absolute Gasteiger partial charge is 0.123 e. The Kier molecular flexibility index (Phi) is 6.55. The summed E-state index contributed by atoms with van der Waals surface area (Å²) in [7, 11) is 0. The molecule has 0 saturated carbocycles. The lowest BCUT2D eigenvalue weighted by Gasteiger charge is -2.17. The largest absolute Gasteiger partial charge is 0.313 e. The fourth-order valence-electron chi connectivity index (χ4n) is 2.14. The van der Waals surface area contributed by atoms with Crippen LogP contribution in [0.25, 0.3) is 0 Å². The molecule has 1 N–H and O–H groups in total. The molecule has 21 heavy (non-hydrogen) atoms. The van der Waals surface area contributed by atoms with Crippen molar-refractivity contribution in [2.45, 2.75) is 24.3 Å². The number of thioether (sulfide) groups is 1. The summed E-state index contributed by atoms with van der Waals surface area (Å²) in [6.45, 7) is 3.02. The number of hydrogen-bond acceptors (Lipinski definition) is 2. The summed E-state index contributed by atoms with van der Waals surface area (Å²) in [6.07, 6.45) is 0.891. The first-order chi connectivity index (χ1) is 10.2. The molecule has 2 aromatic rings. The first kappa shape index (κ1) is 16.3. The van der Waals surface area contributed by atoms with Gasteiger partial charge in [-0.2, -0.15) is 0 Å². The predicted molar refractivity (Wildman–Crippen MR) is 89.7 cm³/mol. The number of benzene rings is 2. The Morgan fingerprint density at radius 2 is 1.95 bits per heavy atom.